The number of hydrogen-bond donors (Lipinski definition) is 1. The lowest BCUT2D eigenvalue weighted by Gasteiger charge is -2.32. The first-order valence-corrected chi connectivity index (χ1v) is 13.1. The lowest BCUT2D eigenvalue weighted by Crippen LogP contribution is -2.38. The van der Waals surface area contributed by atoms with Crippen molar-refractivity contribution in [3.05, 3.63) is 105 Å². The first-order valence-electron chi connectivity index (χ1n) is 12.3. The summed E-state index contributed by atoms with van der Waals surface area (Å²) in [5.41, 5.74) is 7.57. The van der Waals surface area contributed by atoms with Gasteiger partial charge >= 0.3 is 6.03 Å². The van der Waals surface area contributed by atoms with Crippen molar-refractivity contribution >= 4 is 23.1 Å². The zero-order valence-electron chi connectivity index (χ0n) is 20.7. The van der Waals surface area contributed by atoms with Crippen molar-refractivity contribution in [1.29, 1.82) is 0 Å². The minimum Gasteiger partial charge on any atom is -0.310 e. The maximum absolute atomic E-state index is 14.0. The number of carbonyl (C=O) groups excluding carboxylic acids is 1. The molecule has 0 bridgehead atoms. The molecule has 0 spiro atoms. The van der Waals surface area contributed by atoms with E-state index in [0.717, 1.165) is 42.0 Å². The van der Waals surface area contributed by atoms with Gasteiger partial charge in [0.05, 0.1) is 18.3 Å². The molecule has 4 heterocycles. The number of aryl methyl sites for hydroxylation is 2. The van der Waals surface area contributed by atoms with Crippen molar-refractivity contribution in [2.45, 2.75) is 39.4 Å². The predicted molar refractivity (Wildman–Crippen MR) is 142 cm³/mol. The van der Waals surface area contributed by atoms with Gasteiger partial charge in [0.1, 0.15) is 10.8 Å². The minimum absolute atomic E-state index is 0.166. The number of nitrogens with zero attached hydrogens (tertiary/aromatic N) is 3. The summed E-state index contributed by atoms with van der Waals surface area (Å²) < 4.78 is 16.1. The van der Waals surface area contributed by atoms with Crippen molar-refractivity contribution in [2.75, 3.05) is 18.9 Å². The molecule has 1 atom stereocenters. The van der Waals surface area contributed by atoms with Crippen LogP contribution in [0.2, 0.25) is 0 Å². The number of likely N-dealkylation sites (N-methyl/N-ethyl adjacent to an activating group) is 1. The Morgan fingerprint density at radius 3 is 2.61 bits per heavy atom. The Labute approximate surface area is 214 Å². The van der Waals surface area contributed by atoms with Crippen LogP contribution in [0.3, 0.4) is 0 Å². The van der Waals surface area contributed by atoms with Crippen molar-refractivity contribution in [1.82, 2.24) is 14.4 Å². The molecule has 0 saturated carbocycles. The van der Waals surface area contributed by atoms with E-state index < -0.39 is 0 Å². The molecule has 1 N–H and O–H groups in total. The molecule has 5 nitrogen and oxygen atoms in total. The highest BCUT2D eigenvalue weighted by Gasteiger charge is 2.36. The Bertz CT molecular complexity index is 1450. The molecule has 6 rings (SSSR count). The van der Waals surface area contributed by atoms with Crippen LogP contribution in [0.15, 0.2) is 60.8 Å². The van der Waals surface area contributed by atoms with Gasteiger partial charge in [-0.3, -0.25) is 0 Å². The average molecular weight is 501 g/mol. The third kappa shape index (κ3) is 3.92. The molecule has 0 fully saturated rings. The standard InChI is InChI=1S/C29H29FN4OS/c1-18-6-11-22(15-19(18)2)31-29(35)34-16-24-23-12-14-32(3)17-26(23)36-28(24)33-13-4-5-25(33)27(34)20-7-9-21(30)10-8-20/h4-11,13,15,27H,12,14,16-17H2,1-3H3,(H,31,35)/t27-/m0/s1. The molecule has 0 saturated heterocycles. The van der Waals surface area contributed by atoms with Crippen molar-refractivity contribution in [3.8, 4) is 5.00 Å². The van der Waals surface area contributed by atoms with Gasteiger partial charge in [-0.15, -0.1) is 11.3 Å². The number of nitrogens with one attached hydrogen (secondary N) is 1. The summed E-state index contributed by atoms with van der Waals surface area (Å²) in [6.07, 6.45) is 3.06. The van der Waals surface area contributed by atoms with Gasteiger partial charge in [0.2, 0.25) is 0 Å². The molecule has 2 aromatic heterocycles. The largest absolute Gasteiger partial charge is 0.322 e. The van der Waals surface area contributed by atoms with Crippen molar-refractivity contribution in [3.63, 3.8) is 0 Å². The fourth-order valence-corrected chi connectivity index (χ4v) is 6.80. The van der Waals surface area contributed by atoms with Crippen LogP contribution in [-0.2, 0) is 19.5 Å². The van der Waals surface area contributed by atoms with Gasteiger partial charge in [-0.05, 0) is 86.0 Å². The van der Waals surface area contributed by atoms with Gasteiger partial charge in [-0.1, -0.05) is 18.2 Å². The molecule has 2 aliphatic heterocycles. The summed E-state index contributed by atoms with van der Waals surface area (Å²) >= 11 is 1.83. The monoisotopic (exact) mass is 500 g/mol. The molecule has 36 heavy (non-hydrogen) atoms. The number of benzene rings is 2. The Balaban J connectivity index is 1.48. The Morgan fingerprint density at radius 1 is 1.03 bits per heavy atom. The number of rotatable bonds is 2. The van der Waals surface area contributed by atoms with Crippen LogP contribution in [0.1, 0.15) is 44.4 Å². The quantitative estimate of drug-likeness (QED) is 0.345. The molecule has 4 aromatic rings. The summed E-state index contributed by atoms with van der Waals surface area (Å²) in [5.74, 6) is -0.286. The highest BCUT2D eigenvalue weighted by molar-refractivity contribution is 7.15. The predicted octanol–water partition coefficient (Wildman–Crippen LogP) is 6.42. The Kier molecular flexibility index (Phi) is 5.69. The molecule has 184 valence electrons. The molecule has 0 radical (unpaired) electrons. The molecular formula is C29H29FN4OS. The fraction of sp³-hybridized carbons (Fsp3) is 0.276. The van der Waals surface area contributed by atoms with E-state index in [4.69, 9.17) is 0 Å². The Morgan fingerprint density at radius 2 is 1.83 bits per heavy atom. The number of fused-ring (bicyclic) bond motifs is 5. The second kappa shape index (κ2) is 8.91. The van der Waals surface area contributed by atoms with Crippen LogP contribution in [0.25, 0.3) is 5.00 Å². The zero-order chi connectivity index (χ0) is 25.0. The molecular weight excluding hydrogens is 471 g/mol. The van der Waals surface area contributed by atoms with Crippen molar-refractivity contribution < 1.29 is 9.18 Å². The van der Waals surface area contributed by atoms with Gasteiger partial charge in [0.25, 0.3) is 0 Å². The molecule has 0 unspecified atom stereocenters. The number of hydrogen-bond acceptors (Lipinski definition) is 3. The smallest absolute Gasteiger partial charge is 0.310 e. The highest BCUT2D eigenvalue weighted by atomic mass is 32.1. The van der Waals surface area contributed by atoms with Crippen LogP contribution < -0.4 is 5.32 Å². The van der Waals surface area contributed by atoms with Crippen molar-refractivity contribution in [2.24, 2.45) is 0 Å². The van der Waals surface area contributed by atoms with E-state index in [0.29, 0.717) is 6.54 Å². The first kappa shape index (κ1) is 23.0. The van der Waals surface area contributed by atoms with Gasteiger partial charge < -0.3 is 19.7 Å². The van der Waals surface area contributed by atoms with Crippen LogP contribution in [0.5, 0.6) is 0 Å². The summed E-state index contributed by atoms with van der Waals surface area (Å²) in [5, 5.41) is 4.33. The number of anilines is 1. The summed E-state index contributed by atoms with van der Waals surface area (Å²) in [6, 6.07) is 16.1. The Hall–Kier alpha value is -3.42. The summed E-state index contributed by atoms with van der Waals surface area (Å²) in [7, 11) is 2.16. The van der Waals surface area contributed by atoms with E-state index in [1.54, 1.807) is 12.1 Å². The number of amides is 2. The number of thiophene rings is 1. The van der Waals surface area contributed by atoms with E-state index in [1.807, 2.05) is 47.4 Å². The topological polar surface area (TPSA) is 40.5 Å². The second-order valence-corrected chi connectivity index (χ2v) is 11.0. The highest BCUT2D eigenvalue weighted by Crippen LogP contribution is 2.43. The average Bonchev–Trinajstić information content (AvgIpc) is 3.43. The third-order valence-corrected chi connectivity index (χ3v) is 8.72. The van der Waals surface area contributed by atoms with E-state index >= 15 is 0 Å². The van der Waals surface area contributed by atoms with Crippen LogP contribution in [0, 0.1) is 19.7 Å². The van der Waals surface area contributed by atoms with Gasteiger partial charge in [-0.2, -0.15) is 0 Å². The molecule has 7 heteroatoms. The summed E-state index contributed by atoms with van der Waals surface area (Å²) in [4.78, 5) is 19.6. The normalized spacial score (nSPS) is 17.2. The molecule has 0 aliphatic carbocycles. The fourth-order valence-electron chi connectivity index (χ4n) is 5.36. The zero-order valence-corrected chi connectivity index (χ0v) is 21.5. The molecule has 2 aromatic carbocycles. The van der Waals surface area contributed by atoms with Crippen LogP contribution in [-0.4, -0.2) is 34.0 Å². The third-order valence-electron chi connectivity index (χ3n) is 7.46. The summed E-state index contributed by atoms with van der Waals surface area (Å²) in [6.45, 7) is 6.54. The van der Waals surface area contributed by atoms with E-state index in [9.17, 15) is 9.18 Å². The SMILES string of the molecule is Cc1ccc(NC(=O)N2Cc3c(sc4c3CCN(C)C4)-n3cccc3[C@@H]2c2ccc(F)cc2)cc1C. The van der Waals surface area contributed by atoms with Gasteiger partial charge in [-0.25, -0.2) is 9.18 Å². The van der Waals surface area contributed by atoms with E-state index in [-0.39, 0.29) is 17.9 Å². The first-order chi connectivity index (χ1) is 17.4. The number of aromatic nitrogens is 1. The van der Waals surface area contributed by atoms with Gasteiger partial charge in [0, 0.05) is 35.4 Å². The van der Waals surface area contributed by atoms with E-state index in [1.165, 1.54) is 38.7 Å². The maximum Gasteiger partial charge on any atom is 0.322 e. The van der Waals surface area contributed by atoms with Gasteiger partial charge in [0.15, 0.2) is 0 Å². The minimum atomic E-state index is -0.353. The number of carbonyl (C=O) groups is 1. The lowest BCUT2D eigenvalue weighted by molar-refractivity contribution is 0.194. The maximum atomic E-state index is 14.0. The second-order valence-electron chi connectivity index (χ2n) is 9.89. The molecule has 2 aliphatic rings. The lowest BCUT2D eigenvalue weighted by atomic mass is 10.0. The van der Waals surface area contributed by atoms with Crippen LogP contribution in [0.4, 0.5) is 14.9 Å². The number of halogens is 1. The molecule has 2 amide bonds. The van der Waals surface area contributed by atoms with E-state index in [2.05, 4.69) is 41.0 Å². The number of urea groups is 1. The van der Waals surface area contributed by atoms with Crippen LogP contribution >= 0.6 is 11.3 Å².